The van der Waals surface area contributed by atoms with E-state index in [0.29, 0.717) is 22.8 Å². The monoisotopic (exact) mass is 512 g/mol. The van der Waals surface area contributed by atoms with E-state index in [1.165, 1.54) is 24.3 Å². The number of H-pyrrole nitrogens is 2. The molecule has 0 saturated heterocycles. The van der Waals surface area contributed by atoms with Gasteiger partial charge in [-0.05, 0) is 68.0 Å². The van der Waals surface area contributed by atoms with Gasteiger partial charge in [0, 0.05) is 22.8 Å². The molecule has 3 rings (SSSR count). The van der Waals surface area contributed by atoms with Crippen LogP contribution in [0.4, 0.5) is 0 Å². The van der Waals surface area contributed by atoms with Crippen LogP contribution in [0.1, 0.15) is 58.5 Å². The smallest absolute Gasteiger partial charge is 0.348 e. The molecule has 0 aliphatic heterocycles. The van der Waals surface area contributed by atoms with Crippen LogP contribution in [0.25, 0.3) is 12.2 Å². The number of benzene rings is 1. The van der Waals surface area contributed by atoms with Crippen molar-refractivity contribution in [2.24, 2.45) is 0 Å². The van der Waals surface area contributed by atoms with Gasteiger partial charge in [0.15, 0.2) is 0 Å². The fraction of sp³-hybridized carbons (Fsp3) is 0.179. The predicted molar refractivity (Wildman–Crippen MR) is 136 cm³/mol. The van der Waals surface area contributed by atoms with E-state index in [4.69, 9.17) is 9.47 Å². The highest BCUT2D eigenvalue weighted by molar-refractivity contribution is 5.98. The Morgan fingerprint density at radius 2 is 1.26 bits per heavy atom. The van der Waals surface area contributed by atoms with Gasteiger partial charge in [0.05, 0.1) is 24.7 Å². The summed E-state index contributed by atoms with van der Waals surface area (Å²) in [5.41, 5.74) is 2.83. The lowest BCUT2D eigenvalue weighted by atomic mass is 9.92. The van der Waals surface area contributed by atoms with Crippen molar-refractivity contribution in [1.29, 1.82) is 10.5 Å². The lowest BCUT2D eigenvalue weighted by molar-refractivity contribution is -0.138. The zero-order chi connectivity index (χ0) is 27.7. The number of rotatable bonds is 10. The SMILES string of the molecule is CCOC(=O)C(C#N)=Cc1ccc(C(c2ccc(C(=O)O)cc2)c2ccc(C=C(C#N)C(=O)OCC)[nH]2)[nH]1. The van der Waals surface area contributed by atoms with E-state index < -0.39 is 23.8 Å². The highest BCUT2D eigenvalue weighted by Gasteiger charge is 2.21. The van der Waals surface area contributed by atoms with Crippen LogP contribution in [0.15, 0.2) is 59.7 Å². The van der Waals surface area contributed by atoms with Crippen molar-refractivity contribution in [3.8, 4) is 12.1 Å². The number of hydrogen-bond donors (Lipinski definition) is 3. The average Bonchev–Trinajstić information content (AvgIpc) is 3.56. The number of aromatic carboxylic acids is 1. The summed E-state index contributed by atoms with van der Waals surface area (Å²) < 4.78 is 9.82. The van der Waals surface area contributed by atoms with Crippen molar-refractivity contribution >= 4 is 30.1 Å². The van der Waals surface area contributed by atoms with Gasteiger partial charge in [-0.15, -0.1) is 0 Å². The van der Waals surface area contributed by atoms with Crippen molar-refractivity contribution in [1.82, 2.24) is 9.97 Å². The molecule has 192 valence electrons. The number of carbonyl (C=O) groups excluding carboxylic acids is 2. The van der Waals surface area contributed by atoms with Crippen molar-refractivity contribution in [2.45, 2.75) is 19.8 Å². The molecule has 0 spiro atoms. The van der Waals surface area contributed by atoms with Crippen LogP contribution in [0, 0.1) is 22.7 Å². The Morgan fingerprint density at radius 3 is 1.63 bits per heavy atom. The van der Waals surface area contributed by atoms with Gasteiger partial charge in [0.1, 0.15) is 23.3 Å². The van der Waals surface area contributed by atoms with Gasteiger partial charge in [0.25, 0.3) is 0 Å². The Hall–Kier alpha value is -5.35. The number of carboxylic acid groups (broad SMARTS) is 1. The first-order valence-electron chi connectivity index (χ1n) is 11.6. The topological polar surface area (TPSA) is 169 Å². The molecule has 0 fully saturated rings. The normalized spacial score (nSPS) is 12.2. The second-order valence-electron chi connectivity index (χ2n) is 7.88. The van der Waals surface area contributed by atoms with Gasteiger partial charge in [-0.3, -0.25) is 0 Å². The maximum atomic E-state index is 12.0. The molecule has 0 radical (unpaired) electrons. The molecule has 10 nitrogen and oxygen atoms in total. The lowest BCUT2D eigenvalue weighted by Gasteiger charge is -2.16. The number of nitrogens with one attached hydrogen (secondary N) is 2. The molecule has 1 aromatic carbocycles. The summed E-state index contributed by atoms with van der Waals surface area (Å²) in [4.78, 5) is 41.8. The van der Waals surface area contributed by atoms with E-state index in [2.05, 4.69) is 9.97 Å². The number of nitrogens with zero attached hydrogens (tertiary/aromatic N) is 2. The van der Waals surface area contributed by atoms with Gasteiger partial charge in [-0.25, -0.2) is 14.4 Å². The van der Waals surface area contributed by atoms with E-state index in [9.17, 15) is 30.0 Å². The van der Waals surface area contributed by atoms with Crippen molar-refractivity contribution in [3.05, 3.63) is 93.6 Å². The largest absolute Gasteiger partial charge is 0.478 e. The summed E-state index contributed by atoms with van der Waals surface area (Å²) >= 11 is 0. The molecule has 0 atom stereocenters. The third-order valence-electron chi connectivity index (χ3n) is 5.41. The van der Waals surface area contributed by atoms with E-state index in [1.807, 2.05) is 12.1 Å². The number of esters is 2. The third-order valence-corrected chi connectivity index (χ3v) is 5.41. The standard InChI is InChI=1S/C28H24N4O6/c1-3-37-27(35)19(15-29)13-21-9-11-23(31-21)25(17-5-7-18(8-6-17)26(33)34)24-12-10-22(32-24)14-20(16-30)28(36)38-4-2/h5-14,25,31-32H,3-4H2,1-2H3,(H,33,34). The van der Waals surface area contributed by atoms with Gasteiger partial charge >= 0.3 is 17.9 Å². The number of aromatic amines is 2. The number of ether oxygens (including phenoxy) is 2. The molecule has 0 aliphatic carbocycles. The highest BCUT2D eigenvalue weighted by Crippen LogP contribution is 2.32. The molecule has 0 amide bonds. The summed E-state index contributed by atoms with van der Waals surface area (Å²) in [6.45, 7) is 3.56. The van der Waals surface area contributed by atoms with Gasteiger partial charge < -0.3 is 24.5 Å². The van der Waals surface area contributed by atoms with Gasteiger partial charge in [-0.1, -0.05) is 12.1 Å². The van der Waals surface area contributed by atoms with Crippen LogP contribution in [-0.2, 0) is 19.1 Å². The highest BCUT2D eigenvalue weighted by atomic mass is 16.5. The van der Waals surface area contributed by atoms with Gasteiger partial charge in [-0.2, -0.15) is 10.5 Å². The van der Waals surface area contributed by atoms with Crippen LogP contribution >= 0.6 is 0 Å². The number of aromatic nitrogens is 2. The fourth-order valence-corrected chi connectivity index (χ4v) is 3.71. The van der Waals surface area contributed by atoms with Crippen LogP contribution in [0.5, 0.6) is 0 Å². The number of hydrogen-bond acceptors (Lipinski definition) is 7. The molecule has 10 heteroatoms. The van der Waals surface area contributed by atoms with Crippen LogP contribution in [0.2, 0.25) is 0 Å². The summed E-state index contributed by atoms with van der Waals surface area (Å²) in [6, 6.07) is 16.9. The first kappa shape index (κ1) is 27.2. The number of nitriles is 2. The van der Waals surface area contributed by atoms with Crippen molar-refractivity contribution in [2.75, 3.05) is 13.2 Å². The summed E-state index contributed by atoms with van der Waals surface area (Å²) in [5, 5.41) is 28.0. The molecule has 0 bridgehead atoms. The molecular weight excluding hydrogens is 488 g/mol. The Morgan fingerprint density at radius 1 is 0.816 bits per heavy atom. The summed E-state index contributed by atoms with van der Waals surface area (Å²) in [6.07, 6.45) is 2.76. The first-order valence-corrected chi connectivity index (χ1v) is 11.6. The van der Waals surface area contributed by atoms with Crippen LogP contribution in [0.3, 0.4) is 0 Å². The minimum atomic E-state index is -1.06. The van der Waals surface area contributed by atoms with E-state index >= 15 is 0 Å². The molecular formula is C28H24N4O6. The summed E-state index contributed by atoms with van der Waals surface area (Å²) in [7, 11) is 0. The quantitative estimate of drug-likeness (QED) is 0.207. The Balaban J connectivity index is 2.05. The zero-order valence-electron chi connectivity index (χ0n) is 20.6. The van der Waals surface area contributed by atoms with Crippen LogP contribution < -0.4 is 0 Å². The predicted octanol–water partition coefficient (Wildman–Crippen LogP) is 4.16. The fourth-order valence-electron chi connectivity index (χ4n) is 3.71. The van der Waals surface area contributed by atoms with E-state index in [0.717, 1.165) is 5.56 Å². The van der Waals surface area contributed by atoms with Crippen molar-refractivity contribution in [3.63, 3.8) is 0 Å². The first-order chi connectivity index (χ1) is 18.3. The Bertz CT molecular complexity index is 1390. The second-order valence-corrected chi connectivity index (χ2v) is 7.88. The Labute approximate surface area is 218 Å². The second kappa shape index (κ2) is 12.6. The molecule has 2 heterocycles. The molecule has 38 heavy (non-hydrogen) atoms. The number of carboxylic acids is 1. The molecule has 0 saturated carbocycles. The average molecular weight is 513 g/mol. The maximum absolute atomic E-state index is 12.0. The lowest BCUT2D eigenvalue weighted by Crippen LogP contribution is -2.07. The third kappa shape index (κ3) is 6.45. The molecule has 0 aliphatic rings. The number of carbonyl (C=O) groups is 3. The Kier molecular flexibility index (Phi) is 9.01. The molecule has 0 unspecified atom stereocenters. The van der Waals surface area contributed by atoms with Crippen LogP contribution in [-0.4, -0.2) is 46.2 Å². The van der Waals surface area contributed by atoms with Crippen molar-refractivity contribution < 1.29 is 29.0 Å². The maximum Gasteiger partial charge on any atom is 0.348 e. The van der Waals surface area contributed by atoms with E-state index in [-0.39, 0.29) is 29.9 Å². The zero-order valence-corrected chi connectivity index (χ0v) is 20.6. The molecule has 3 N–H and O–H groups in total. The summed E-state index contributed by atoms with van der Waals surface area (Å²) in [5.74, 6) is -2.98. The molecule has 3 aromatic rings. The minimum Gasteiger partial charge on any atom is -0.478 e. The molecule has 2 aromatic heterocycles. The van der Waals surface area contributed by atoms with Gasteiger partial charge in [0.2, 0.25) is 0 Å². The van der Waals surface area contributed by atoms with E-state index in [1.54, 1.807) is 50.2 Å². The minimum absolute atomic E-state index is 0.124.